The second kappa shape index (κ2) is 6.45. The van der Waals surface area contributed by atoms with Crippen LogP contribution in [0.1, 0.15) is 12.0 Å². The number of carbonyl (C=O) groups is 1. The normalized spacial score (nSPS) is 14.2. The molecule has 1 aromatic carbocycles. The van der Waals surface area contributed by atoms with Crippen LogP contribution in [0.3, 0.4) is 0 Å². The van der Waals surface area contributed by atoms with E-state index in [2.05, 4.69) is 15.3 Å². The minimum absolute atomic E-state index is 0.0152. The summed E-state index contributed by atoms with van der Waals surface area (Å²) >= 11 is 1.38. The molecule has 6 nitrogen and oxygen atoms in total. The Bertz CT molecular complexity index is 905. The number of hydrogen-bond donors (Lipinski definition) is 0. The monoisotopic (exact) mass is 337 g/mol. The molecule has 0 aliphatic carbocycles. The standard InChI is InChI=1S/C17H15N5OS/c23-16(12-24-17-19-18-15-8-4-5-10-21(15)17)22-11-9-14(20-22)13-6-2-1-3-7-13/h1-8,10H,9,11-12H2. The number of aromatic nitrogens is 3. The van der Waals surface area contributed by atoms with Gasteiger partial charge in [0, 0.05) is 12.6 Å². The molecule has 3 heterocycles. The first-order valence-corrected chi connectivity index (χ1v) is 8.66. The number of nitrogens with zero attached hydrogens (tertiary/aromatic N) is 5. The molecule has 0 radical (unpaired) electrons. The zero-order valence-electron chi connectivity index (χ0n) is 12.9. The van der Waals surface area contributed by atoms with Crippen molar-refractivity contribution in [2.24, 2.45) is 5.10 Å². The molecular weight excluding hydrogens is 322 g/mol. The smallest absolute Gasteiger partial charge is 0.253 e. The molecule has 3 aromatic rings. The van der Waals surface area contributed by atoms with Crippen LogP contribution in [0, 0.1) is 0 Å². The van der Waals surface area contributed by atoms with Crippen LogP contribution in [-0.2, 0) is 4.79 Å². The first-order chi connectivity index (χ1) is 11.8. The van der Waals surface area contributed by atoms with E-state index in [1.54, 1.807) is 5.01 Å². The van der Waals surface area contributed by atoms with Gasteiger partial charge in [-0.05, 0) is 17.7 Å². The largest absolute Gasteiger partial charge is 0.277 e. The van der Waals surface area contributed by atoms with E-state index in [1.807, 2.05) is 59.1 Å². The van der Waals surface area contributed by atoms with Gasteiger partial charge in [0.15, 0.2) is 10.8 Å². The van der Waals surface area contributed by atoms with Gasteiger partial charge in [0.2, 0.25) is 0 Å². The highest BCUT2D eigenvalue weighted by Gasteiger charge is 2.22. The van der Waals surface area contributed by atoms with Crippen molar-refractivity contribution in [1.29, 1.82) is 0 Å². The third kappa shape index (κ3) is 2.90. The Morgan fingerprint density at radius 2 is 1.92 bits per heavy atom. The van der Waals surface area contributed by atoms with E-state index in [-0.39, 0.29) is 5.91 Å². The molecule has 0 bridgehead atoms. The predicted molar refractivity (Wildman–Crippen MR) is 93.0 cm³/mol. The van der Waals surface area contributed by atoms with E-state index in [4.69, 9.17) is 0 Å². The summed E-state index contributed by atoms with van der Waals surface area (Å²) in [6.07, 6.45) is 2.68. The van der Waals surface area contributed by atoms with Gasteiger partial charge in [-0.2, -0.15) is 5.10 Å². The molecular formula is C17H15N5OS. The van der Waals surface area contributed by atoms with Crippen molar-refractivity contribution >= 4 is 29.0 Å². The lowest BCUT2D eigenvalue weighted by atomic mass is 10.1. The van der Waals surface area contributed by atoms with Gasteiger partial charge in [0.05, 0.1) is 18.0 Å². The zero-order chi connectivity index (χ0) is 16.4. The number of amides is 1. The van der Waals surface area contributed by atoms with Crippen LogP contribution in [-0.4, -0.2) is 43.5 Å². The number of benzene rings is 1. The zero-order valence-corrected chi connectivity index (χ0v) is 13.7. The van der Waals surface area contributed by atoms with Gasteiger partial charge in [-0.15, -0.1) is 10.2 Å². The third-order valence-corrected chi connectivity index (χ3v) is 4.73. The second-order valence-corrected chi connectivity index (χ2v) is 6.32. The van der Waals surface area contributed by atoms with Crippen LogP contribution in [0.2, 0.25) is 0 Å². The second-order valence-electron chi connectivity index (χ2n) is 5.38. The molecule has 24 heavy (non-hydrogen) atoms. The van der Waals surface area contributed by atoms with Crippen LogP contribution in [0.25, 0.3) is 5.65 Å². The first kappa shape index (κ1) is 14.9. The third-order valence-electron chi connectivity index (χ3n) is 3.80. The van der Waals surface area contributed by atoms with Gasteiger partial charge < -0.3 is 0 Å². The minimum Gasteiger partial charge on any atom is -0.277 e. The number of pyridine rings is 1. The molecule has 120 valence electrons. The van der Waals surface area contributed by atoms with E-state index in [1.165, 1.54) is 11.8 Å². The quantitative estimate of drug-likeness (QED) is 0.686. The summed E-state index contributed by atoms with van der Waals surface area (Å²) in [6.45, 7) is 0.629. The average molecular weight is 337 g/mol. The summed E-state index contributed by atoms with van der Waals surface area (Å²) in [5.74, 6) is 0.278. The van der Waals surface area contributed by atoms with Crippen molar-refractivity contribution in [2.75, 3.05) is 12.3 Å². The Balaban J connectivity index is 1.43. The summed E-state index contributed by atoms with van der Waals surface area (Å²) in [7, 11) is 0. The van der Waals surface area contributed by atoms with Crippen LogP contribution in [0.4, 0.5) is 0 Å². The summed E-state index contributed by atoms with van der Waals surface area (Å²) in [5, 5.41) is 14.9. The summed E-state index contributed by atoms with van der Waals surface area (Å²) in [6, 6.07) is 15.7. The van der Waals surface area contributed by atoms with Crippen LogP contribution in [0.5, 0.6) is 0 Å². The maximum absolute atomic E-state index is 12.4. The van der Waals surface area contributed by atoms with Crippen molar-refractivity contribution in [3.05, 3.63) is 60.3 Å². The van der Waals surface area contributed by atoms with Gasteiger partial charge >= 0.3 is 0 Å². The van der Waals surface area contributed by atoms with Crippen molar-refractivity contribution in [2.45, 2.75) is 11.6 Å². The maximum atomic E-state index is 12.4. The molecule has 4 rings (SSSR count). The molecule has 0 unspecified atom stereocenters. The molecule has 0 atom stereocenters. The summed E-state index contributed by atoms with van der Waals surface area (Å²) in [4.78, 5) is 12.4. The topological polar surface area (TPSA) is 62.9 Å². The van der Waals surface area contributed by atoms with E-state index >= 15 is 0 Å². The van der Waals surface area contributed by atoms with E-state index < -0.39 is 0 Å². The molecule has 7 heteroatoms. The fourth-order valence-electron chi connectivity index (χ4n) is 2.59. The Morgan fingerprint density at radius 1 is 1.08 bits per heavy atom. The number of hydrogen-bond acceptors (Lipinski definition) is 5. The first-order valence-electron chi connectivity index (χ1n) is 7.67. The van der Waals surface area contributed by atoms with Gasteiger partial charge in [-0.25, -0.2) is 5.01 Å². The molecule has 0 N–H and O–H groups in total. The SMILES string of the molecule is O=C(CSc1nnc2ccccn12)N1CCC(c2ccccc2)=N1. The number of fused-ring (bicyclic) bond motifs is 1. The lowest BCUT2D eigenvalue weighted by Gasteiger charge is -2.10. The molecule has 0 spiro atoms. The Kier molecular flexibility index (Phi) is 4.00. The molecule has 1 amide bonds. The number of rotatable bonds is 4. The summed E-state index contributed by atoms with van der Waals surface area (Å²) < 4.78 is 1.88. The minimum atomic E-state index is -0.0152. The number of thioether (sulfide) groups is 1. The van der Waals surface area contributed by atoms with Crippen LogP contribution < -0.4 is 0 Å². The molecule has 1 aliphatic rings. The molecule has 1 aliphatic heterocycles. The highest BCUT2D eigenvalue weighted by Crippen LogP contribution is 2.19. The molecule has 0 saturated heterocycles. The number of carbonyl (C=O) groups excluding carboxylic acids is 1. The Hall–Kier alpha value is -2.67. The van der Waals surface area contributed by atoms with E-state index in [0.29, 0.717) is 17.5 Å². The van der Waals surface area contributed by atoms with Crippen molar-refractivity contribution in [3.63, 3.8) is 0 Å². The lowest BCUT2D eigenvalue weighted by molar-refractivity contribution is -0.127. The van der Waals surface area contributed by atoms with Gasteiger partial charge in [0.1, 0.15) is 0 Å². The van der Waals surface area contributed by atoms with Crippen molar-refractivity contribution in [1.82, 2.24) is 19.6 Å². The lowest BCUT2D eigenvalue weighted by Crippen LogP contribution is -2.25. The fraction of sp³-hybridized carbons (Fsp3) is 0.176. The summed E-state index contributed by atoms with van der Waals surface area (Å²) in [5.41, 5.74) is 2.81. The van der Waals surface area contributed by atoms with Gasteiger partial charge in [-0.3, -0.25) is 9.20 Å². The maximum Gasteiger partial charge on any atom is 0.253 e. The van der Waals surface area contributed by atoms with E-state index in [0.717, 1.165) is 23.3 Å². The highest BCUT2D eigenvalue weighted by molar-refractivity contribution is 7.99. The van der Waals surface area contributed by atoms with Crippen molar-refractivity contribution < 1.29 is 4.79 Å². The number of hydrazone groups is 1. The molecule has 2 aromatic heterocycles. The molecule has 0 fully saturated rings. The predicted octanol–water partition coefficient (Wildman–Crippen LogP) is 2.46. The molecule has 0 saturated carbocycles. The van der Waals surface area contributed by atoms with Crippen molar-refractivity contribution in [3.8, 4) is 0 Å². The van der Waals surface area contributed by atoms with E-state index in [9.17, 15) is 4.79 Å². The Labute approximate surface area is 143 Å². The Morgan fingerprint density at radius 3 is 2.79 bits per heavy atom. The van der Waals surface area contributed by atoms with Crippen LogP contribution in [0.15, 0.2) is 65.0 Å². The van der Waals surface area contributed by atoms with Crippen LogP contribution >= 0.6 is 11.8 Å². The van der Waals surface area contributed by atoms with Gasteiger partial charge in [-0.1, -0.05) is 48.2 Å². The highest BCUT2D eigenvalue weighted by atomic mass is 32.2. The van der Waals surface area contributed by atoms with Gasteiger partial charge in [0.25, 0.3) is 5.91 Å². The average Bonchev–Trinajstić information content (AvgIpc) is 3.28. The fourth-order valence-corrected chi connectivity index (χ4v) is 3.38.